The molecule has 1 aromatic rings. The molecule has 0 saturated heterocycles. The predicted octanol–water partition coefficient (Wildman–Crippen LogP) is 0.860. The maximum absolute atomic E-state index is 11.9. The van der Waals surface area contributed by atoms with Gasteiger partial charge in [-0.1, -0.05) is 25.1 Å². The second kappa shape index (κ2) is 7.23. The van der Waals surface area contributed by atoms with Gasteiger partial charge in [-0.15, -0.1) is 0 Å². The van der Waals surface area contributed by atoms with Gasteiger partial charge in [0.05, 0.1) is 0 Å². The Hall–Kier alpha value is -1.63. The number of carbonyl (C=O) groups is 2. The lowest BCUT2D eigenvalue weighted by molar-refractivity contribution is -0.132. The van der Waals surface area contributed by atoms with Crippen LogP contribution in [0, 0.1) is 0 Å². The van der Waals surface area contributed by atoms with Crippen molar-refractivity contribution < 1.29 is 9.59 Å². The third-order valence-electron chi connectivity index (χ3n) is 2.54. The summed E-state index contributed by atoms with van der Waals surface area (Å²) in [4.78, 5) is 43.3. The molecule has 0 radical (unpaired) electrons. The number of hydrogen-bond acceptors (Lipinski definition) is 5. The Morgan fingerprint density at radius 2 is 2.10 bits per heavy atom. The van der Waals surface area contributed by atoms with E-state index >= 15 is 0 Å². The number of amides is 1. The number of aromatic nitrogens is 2. The number of ketones is 1. The number of Topliss-reactive ketones (excluding diaryl/α,β-unsaturated/α-hetero) is 1. The van der Waals surface area contributed by atoms with Gasteiger partial charge in [-0.3, -0.25) is 14.4 Å². The lowest BCUT2D eigenvalue weighted by Crippen LogP contribution is -2.36. The highest BCUT2D eigenvalue weighted by Gasteiger charge is 2.27. The molecule has 1 N–H and O–H groups in total. The van der Waals surface area contributed by atoms with Gasteiger partial charge in [-0.2, -0.15) is 0 Å². The number of nitrogens with one attached hydrogen (secondary N) is 1. The Labute approximate surface area is 122 Å². The fourth-order valence-corrected chi connectivity index (χ4v) is 2.61. The van der Waals surface area contributed by atoms with Crippen LogP contribution in [0.2, 0.25) is 0 Å². The van der Waals surface area contributed by atoms with Crippen molar-refractivity contribution in [1.29, 1.82) is 0 Å². The van der Waals surface area contributed by atoms with Crippen molar-refractivity contribution in [3.8, 4) is 0 Å². The van der Waals surface area contributed by atoms with Gasteiger partial charge in [0.25, 0.3) is 5.56 Å². The first-order valence-electron chi connectivity index (χ1n) is 6.33. The number of hydrogen-bond donors (Lipinski definition) is 1. The normalized spacial score (nSPS) is 12.0. The summed E-state index contributed by atoms with van der Waals surface area (Å²) in [6.07, 6.45) is 1.55. The van der Waals surface area contributed by atoms with E-state index < -0.39 is 5.25 Å². The summed E-state index contributed by atoms with van der Waals surface area (Å²) < 4.78 is 0. The van der Waals surface area contributed by atoms with Gasteiger partial charge >= 0.3 is 0 Å². The third-order valence-corrected chi connectivity index (χ3v) is 3.73. The van der Waals surface area contributed by atoms with Crippen LogP contribution in [-0.2, 0) is 16.0 Å². The first-order valence-corrected chi connectivity index (χ1v) is 7.21. The molecule has 1 amide bonds. The second-order valence-electron chi connectivity index (χ2n) is 4.63. The number of H-pyrrole nitrogens is 1. The highest BCUT2D eigenvalue weighted by molar-refractivity contribution is 8.01. The van der Waals surface area contributed by atoms with Gasteiger partial charge < -0.3 is 9.88 Å². The molecule has 0 saturated carbocycles. The fourth-order valence-electron chi connectivity index (χ4n) is 1.58. The zero-order valence-electron chi connectivity index (χ0n) is 12.1. The van der Waals surface area contributed by atoms with Crippen molar-refractivity contribution in [3.05, 3.63) is 22.1 Å². The molecule has 0 unspecified atom stereocenters. The fraction of sp³-hybridized carbons (Fsp3) is 0.538. The molecule has 0 aliphatic heterocycles. The predicted molar refractivity (Wildman–Crippen MR) is 77.9 cm³/mol. The zero-order valence-corrected chi connectivity index (χ0v) is 12.9. The van der Waals surface area contributed by atoms with Gasteiger partial charge in [0.15, 0.2) is 10.9 Å². The topological polar surface area (TPSA) is 83.1 Å². The van der Waals surface area contributed by atoms with Crippen LogP contribution >= 0.6 is 11.8 Å². The Balaban J connectivity index is 3.02. The molecule has 0 bridgehead atoms. The van der Waals surface area contributed by atoms with Gasteiger partial charge in [0.2, 0.25) is 5.91 Å². The van der Waals surface area contributed by atoms with Crippen molar-refractivity contribution >= 4 is 23.5 Å². The molecule has 7 heteroatoms. The third kappa shape index (κ3) is 4.48. The van der Waals surface area contributed by atoms with Crippen LogP contribution in [-0.4, -0.2) is 45.9 Å². The number of thioether (sulfide) groups is 1. The van der Waals surface area contributed by atoms with E-state index in [9.17, 15) is 14.4 Å². The van der Waals surface area contributed by atoms with Crippen LogP contribution in [0.5, 0.6) is 0 Å². The first kappa shape index (κ1) is 16.4. The molecule has 1 atom stereocenters. The van der Waals surface area contributed by atoms with Gasteiger partial charge in [0.1, 0.15) is 5.25 Å². The highest BCUT2D eigenvalue weighted by Crippen LogP contribution is 2.21. The van der Waals surface area contributed by atoms with Crippen molar-refractivity contribution in [2.45, 2.75) is 37.1 Å². The SMILES string of the molecule is CCCc1cc(=O)[nH]c(S[C@H](C(C)=O)C(=O)N(C)C)n1. The summed E-state index contributed by atoms with van der Waals surface area (Å²) in [6.45, 7) is 3.34. The first-order chi connectivity index (χ1) is 9.35. The molecule has 6 nitrogen and oxygen atoms in total. The summed E-state index contributed by atoms with van der Waals surface area (Å²) in [5.74, 6) is -0.580. The number of nitrogens with zero attached hydrogens (tertiary/aromatic N) is 2. The standard InChI is InChI=1S/C13H19N3O3S/c1-5-6-9-7-10(18)15-13(14-9)20-11(8(2)17)12(19)16(3)4/h7,11H,5-6H2,1-4H3,(H,14,15,18)/t11-/m1/s1. The number of aryl methyl sites for hydroxylation is 1. The van der Waals surface area contributed by atoms with Crippen molar-refractivity contribution in [2.75, 3.05) is 14.1 Å². The van der Waals surface area contributed by atoms with Gasteiger partial charge in [-0.25, -0.2) is 4.98 Å². The minimum absolute atomic E-state index is 0.266. The van der Waals surface area contributed by atoms with Crippen LogP contribution in [0.1, 0.15) is 26.0 Å². The molecule has 0 fully saturated rings. The Morgan fingerprint density at radius 1 is 1.45 bits per heavy atom. The summed E-state index contributed by atoms with van der Waals surface area (Å²) in [5.41, 5.74) is 0.393. The quantitative estimate of drug-likeness (QED) is 0.478. The highest BCUT2D eigenvalue weighted by atomic mass is 32.2. The van der Waals surface area contributed by atoms with Gasteiger partial charge in [0, 0.05) is 25.9 Å². The molecular weight excluding hydrogens is 278 g/mol. The Morgan fingerprint density at radius 3 is 2.60 bits per heavy atom. The average molecular weight is 297 g/mol. The van der Waals surface area contributed by atoms with Crippen LogP contribution in [0.4, 0.5) is 0 Å². The molecule has 1 rings (SSSR count). The van der Waals surface area contributed by atoms with E-state index in [0.717, 1.165) is 18.2 Å². The maximum atomic E-state index is 11.9. The number of rotatable bonds is 6. The molecule has 0 aliphatic carbocycles. The van der Waals surface area contributed by atoms with Gasteiger partial charge in [-0.05, 0) is 13.3 Å². The smallest absolute Gasteiger partial charge is 0.251 e. The second-order valence-corrected chi connectivity index (χ2v) is 5.73. The number of carbonyl (C=O) groups excluding carboxylic acids is 2. The van der Waals surface area contributed by atoms with Crippen molar-refractivity contribution in [2.24, 2.45) is 0 Å². The van der Waals surface area contributed by atoms with Crippen LogP contribution < -0.4 is 5.56 Å². The zero-order chi connectivity index (χ0) is 15.3. The minimum atomic E-state index is -0.884. The Kier molecular flexibility index (Phi) is 5.94. The van der Waals surface area contributed by atoms with Crippen LogP contribution in [0.25, 0.3) is 0 Å². The summed E-state index contributed by atoms with van der Waals surface area (Å²) in [7, 11) is 3.17. The average Bonchev–Trinajstić information content (AvgIpc) is 2.34. The lowest BCUT2D eigenvalue weighted by atomic mass is 10.2. The molecule has 0 aliphatic rings. The lowest BCUT2D eigenvalue weighted by Gasteiger charge is -2.17. The van der Waals surface area contributed by atoms with E-state index in [1.54, 1.807) is 14.1 Å². The summed E-state index contributed by atoms with van der Waals surface area (Å²) in [6, 6.07) is 1.43. The number of aromatic amines is 1. The van der Waals surface area contributed by atoms with Crippen LogP contribution in [0.15, 0.2) is 16.0 Å². The molecule has 1 heterocycles. The molecule has 0 aromatic carbocycles. The largest absolute Gasteiger partial charge is 0.347 e. The van der Waals surface area contributed by atoms with E-state index in [1.165, 1.54) is 17.9 Å². The molecule has 0 spiro atoms. The summed E-state index contributed by atoms with van der Waals surface area (Å²) in [5, 5.41) is -0.582. The Bertz CT molecular complexity index is 554. The minimum Gasteiger partial charge on any atom is -0.347 e. The molecule has 110 valence electrons. The summed E-state index contributed by atoms with van der Waals surface area (Å²) >= 11 is 0.980. The molecule has 20 heavy (non-hydrogen) atoms. The van der Waals surface area contributed by atoms with Crippen molar-refractivity contribution in [3.63, 3.8) is 0 Å². The van der Waals surface area contributed by atoms with E-state index in [4.69, 9.17) is 0 Å². The van der Waals surface area contributed by atoms with E-state index in [-0.39, 0.29) is 17.2 Å². The maximum Gasteiger partial charge on any atom is 0.251 e. The van der Waals surface area contributed by atoms with Crippen molar-refractivity contribution in [1.82, 2.24) is 14.9 Å². The molecular formula is C13H19N3O3S. The monoisotopic (exact) mass is 297 g/mol. The van der Waals surface area contributed by atoms with E-state index in [1.807, 2.05) is 6.92 Å². The van der Waals surface area contributed by atoms with E-state index in [2.05, 4.69) is 9.97 Å². The van der Waals surface area contributed by atoms with Crippen LogP contribution in [0.3, 0.4) is 0 Å². The molecule has 1 aromatic heterocycles. The van der Waals surface area contributed by atoms with E-state index in [0.29, 0.717) is 17.3 Å².